The predicted octanol–water partition coefficient (Wildman–Crippen LogP) is -0.0894. The summed E-state index contributed by atoms with van der Waals surface area (Å²) in [5, 5.41) is 25.8. The Hall–Kier alpha value is -2.89. The number of aliphatic hydroxyl groups is 1. The second-order valence-electron chi connectivity index (χ2n) is 7.47. The van der Waals surface area contributed by atoms with Gasteiger partial charge in [0.05, 0.1) is 18.6 Å². The summed E-state index contributed by atoms with van der Waals surface area (Å²) >= 11 is 0. The van der Waals surface area contributed by atoms with Crippen LogP contribution >= 0.6 is 7.82 Å². The highest BCUT2D eigenvalue weighted by Gasteiger charge is 2.47. The van der Waals surface area contributed by atoms with E-state index in [-0.39, 0.29) is 11.1 Å². The largest absolute Gasteiger partial charge is 0.480 e. The molecule has 1 aromatic carbocycles. The number of aliphatic carboxylic acids is 1. The summed E-state index contributed by atoms with van der Waals surface area (Å²) < 4.78 is 15.5. The monoisotopic (exact) mass is 467 g/mol. The summed E-state index contributed by atoms with van der Waals surface area (Å²) in [6.07, 6.45) is 1.80. The second kappa shape index (κ2) is 8.93. The summed E-state index contributed by atoms with van der Waals surface area (Å²) in [6, 6.07) is 4.06. The van der Waals surface area contributed by atoms with Crippen molar-refractivity contribution in [1.29, 1.82) is 0 Å². The number of phosphoric acid groups is 1. The SMILES string of the molecule is CC1NC=C(COP(=O)(O)O)C(C=N[C@@H](C[C@]2(O)C(=O)Nc3ccccc32)C(=O)O)C1=O. The van der Waals surface area contributed by atoms with Gasteiger partial charge in [-0.3, -0.25) is 19.1 Å². The van der Waals surface area contributed by atoms with Gasteiger partial charge in [-0.05, 0) is 24.8 Å². The number of carbonyl (C=O) groups is 3. The van der Waals surface area contributed by atoms with Crippen molar-refractivity contribution >= 4 is 37.4 Å². The molecule has 0 fully saturated rings. The molecule has 3 rings (SSSR count). The molecular weight excluding hydrogens is 445 g/mol. The first-order valence-corrected chi connectivity index (χ1v) is 11.0. The molecule has 2 aliphatic heterocycles. The normalized spacial score (nSPS) is 26.3. The fraction of sp³-hybridized carbons (Fsp3) is 0.368. The molecule has 0 radical (unpaired) electrons. The van der Waals surface area contributed by atoms with Gasteiger partial charge in [0.15, 0.2) is 17.4 Å². The van der Waals surface area contributed by atoms with Crippen LogP contribution in [0.2, 0.25) is 0 Å². The van der Waals surface area contributed by atoms with Gasteiger partial charge in [0.2, 0.25) is 0 Å². The predicted molar refractivity (Wildman–Crippen MR) is 111 cm³/mol. The molecule has 0 bridgehead atoms. The van der Waals surface area contributed by atoms with Gasteiger partial charge in [0, 0.05) is 23.9 Å². The molecule has 2 unspecified atom stereocenters. The maximum atomic E-state index is 12.6. The number of carboxylic acid groups (broad SMARTS) is 1. The number of amides is 1. The third-order valence-corrected chi connectivity index (χ3v) is 5.70. The van der Waals surface area contributed by atoms with E-state index in [4.69, 9.17) is 9.79 Å². The third-order valence-electron chi connectivity index (χ3n) is 5.24. The molecule has 2 heterocycles. The zero-order chi connectivity index (χ0) is 23.7. The number of nitrogens with one attached hydrogen (secondary N) is 2. The Kier molecular flexibility index (Phi) is 6.63. The van der Waals surface area contributed by atoms with Crippen LogP contribution in [0.5, 0.6) is 0 Å². The van der Waals surface area contributed by atoms with Crippen LogP contribution in [0.25, 0.3) is 0 Å². The summed E-state index contributed by atoms with van der Waals surface area (Å²) in [6.45, 7) is 0.960. The Bertz CT molecular complexity index is 1050. The van der Waals surface area contributed by atoms with E-state index in [1.54, 1.807) is 25.1 Å². The van der Waals surface area contributed by atoms with Crippen molar-refractivity contribution < 1.29 is 43.5 Å². The molecule has 4 atom stereocenters. The first-order chi connectivity index (χ1) is 14.9. The number of Topliss-reactive ketones (excluding diaryl/α,β-unsaturated/α-hetero) is 1. The number of hydrogen-bond acceptors (Lipinski definition) is 8. The maximum Gasteiger partial charge on any atom is 0.469 e. The first kappa shape index (κ1) is 23.8. The van der Waals surface area contributed by atoms with Gasteiger partial charge in [-0.1, -0.05) is 18.2 Å². The van der Waals surface area contributed by atoms with Crippen molar-refractivity contribution in [1.82, 2.24) is 5.32 Å². The molecule has 172 valence electrons. The molecule has 12 nitrogen and oxygen atoms in total. The number of benzene rings is 1. The average molecular weight is 467 g/mol. The number of hydrogen-bond donors (Lipinski definition) is 6. The molecule has 32 heavy (non-hydrogen) atoms. The summed E-state index contributed by atoms with van der Waals surface area (Å²) in [7, 11) is -4.81. The Morgan fingerprint density at radius 3 is 2.69 bits per heavy atom. The van der Waals surface area contributed by atoms with Crippen molar-refractivity contribution in [3.63, 3.8) is 0 Å². The number of para-hydroxylation sites is 1. The second-order valence-corrected chi connectivity index (χ2v) is 8.71. The lowest BCUT2D eigenvalue weighted by molar-refractivity contribution is -0.143. The molecule has 0 aromatic heterocycles. The van der Waals surface area contributed by atoms with E-state index in [0.29, 0.717) is 5.69 Å². The Morgan fingerprint density at radius 1 is 1.34 bits per heavy atom. The van der Waals surface area contributed by atoms with Gasteiger partial charge in [0.25, 0.3) is 5.91 Å². The fourth-order valence-electron chi connectivity index (χ4n) is 3.49. The summed E-state index contributed by atoms with van der Waals surface area (Å²) in [4.78, 5) is 58.5. The summed E-state index contributed by atoms with van der Waals surface area (Å²) in [5.74, 6) is -3.76. The number of aliphatic imine (C=N–C) groups is 1. The highest BCUT2D eigenvalue weighted by atomic mass is 31.2. The Morgan fingerprint density at radius 2 is 2.03 bits per heavy atom. The smallest absolute Gasteiger partial charge is 0.469 e. The summed E-state index contributed by atoms with van der Waals surface area (Å²) in [5.41, 5.74) is -1.43. The van der Waals surface area contributed by atoms with Crippen LogP contribution in [0.15, 0.2) is 41.0 Å². The van der Waals surface area contributed by atoms with Gasteiger partial charge in [-0.15, -0.1) is 0 Å². The standard InChI is InChI=1S/C19H22N3O9P/c1-10-16(23)12(11(7-20-10)9-31-32(28,29)30)8-21-15(17(24)25)6-19(27)13-4-2-3-5-14(13)22-18(19)26/h2-5,7-8,10,12,15,20,27H,6,9H2,1H3,(H,22,26)(H,24,25)(H2,28,29,30)/t10?,12?,15-,19+/m0/s1. The lowest BCUT2D eigenvalue weighted by Crippen LogP contribution is -2.43. The van der Waals surface area contributed by atoms with Gasteiger partial charge in [0.1, 0.15) is 0 Å². The lowest BCUT2D eigenvalue weighted by Gasteiger charge is -2.26. The molecule has 0 spiro atoms. The van der Waals surface area contributed by atoms with E-state index in [2.05, 4.69) is 20.1 Å². The van der Waals surface area contributed by atoms with Crippen molar-refractivity contribution in [2.75, 3.05) is 11.9 Å². The zero-order valence-electron chi connectivity index (χ0n) is 16.8. The van der Waals surface area contributed by atoms with E-state index < -0.39 is 62.1 Å². The van der Waals surface area contributed by atoms with E-state index in [0.717, 1.165) is 6.21 Å². The number of rotatable bonds is 8. The van der Waals surface area contributed by atoms with Crippen molar-refractivity contribution in [2.45, 2.75) is 31.0 Å². The highest BCUT2D eigenvalue weighted by molar-refractivity contribution is 7.46. The van der Waals surface area contributed by atoms with Crippen LogP contribution in [0, 0.1) is 5.92 Å². The number of carboxylic acids is 1. The van der Waals surface area contributed by atoms with Crippen LogP contribution in [-0.4, -0.2) is 62.6 Å². The van der Waals surface area contributed by atoms with Gasteiger partial charge >= 0.3 is 13.8 Å². The number of carbonyl (C=O) groups excluding carboxylic acids is 2. The van der Waals surface area contributed by atoms with Crippen molar-refractivity contribution in [3.05, 3.63) is 41.6 Å². The van der Waals surface area contributed by atoms with E-state index in [1.165, 1.54) is 12.3 Å². The number of phosphoric ester groups is 1. The molecule has 2 aliphatic rings. The zero-order valence-corrected chi connectivity index (χ0v) is 17.7. The third kappa shape index (κ3) is 4.95. The molecule has 0 aliphatic carbocycles. The first-order valence-electron chi connectivity index (χ1n) is 9.50. The van der Waals surface area contributed by atoms with Crippen LogP contribution in [0.4, 0.5) is 5.69 Å². The average Bonchev–Trinajstić information content (AvgIpc) is 2.96. The highest BCUT2D eigenvalue weighted by Crippen LogP contribution is 2.40. The van der Waals surface area contributed by atoms with Crippen LogP contribution in [-0.2, 0) is 29.1 Å². The van der Waals surface area contributed by atoms with E-state index in [1.807, 2.05) is 0 Å². The van der Waals surface area contributed by atoms with E-state index in [9.17, 15) is 29.2 Å². The van der Waals surface area contributed by atoms with Gasteiger partial charge in [-0.25, -0.2) is 9.36 Å². The van der Waals surface area contributed by atoms with Crippen molar-refractivity contribution in [2.24, 2.45) is 10.9 Å². The molecule has 0 saturated carbocycles. The molecular formula is C19H22N3O9P. The minimum absolute atomic E-state index is 0.131. The minimum Gasteiger partial charge on any atom is -0.480 e. The number of ketones is 1. The minimum atomic E-state index is -4.81. The molecule has 1 aromatic rings. The number of fused-ring (bicyclic) bond motifs is 1. The molecule has 0 saturated heterocycles. The number of nitrogens with zero attached hydrogens (tertiary/aromatic N) is 1. The topological polar surface area (TPSA) is 195 Å². The van der Waals surface area contributed by atoms with Crippen LogP contribution < -0.4 is 10.6 Å². The van der Waals surface area contributed by atoms with Gasteiger partial charge < -0.3 is 30.6 Å². The Balaban J connectivity index is 1.85. The Labute approximate surface area is 182 Å². The quantitative estimate of drug-likeness (QED) is 0.222. The van der Waals surface area contributed by atoms with E-state index >= 15 is 0 Å². The lowest BCUT2D eigenvalue weighted by atomic mass is 9.88. The number of anilines is 1. The fourth-order valence-corrected chi connectivity index (χ4v) is 3.81. The maximum absolute atomic E-state index is 12.6. The van der Waals surface area contributed by atoms with Gasteiger partial charge in [-0.2, -0.15) is 0 Å². The molecule has 1 amide bonds. The van der Waals surface area contributed by atoms with Crippen LogP contribution in [0.3, 0.4) is 0 Å². The van der Waals surface area contributed by atoms with Crippen molar-refractivity contribution in [3.8, 4) is 0 Å². The van der Waals surface area contributed by atoms with Crippen LogP contribution in [0.1, 0.15) is 18.9 Å². The molecule has 6 N–H and O–H groups in total. The molecule has 13 heteroatoms.